The molecule has 0 aliphatic carbocycles. The molecule has 3 rings (SSSR count). The van der Waals surface area contributed by atoms with Crippen molar-refractivity contribution in [3.05, 3.63) is 47.7 Å². The van der Waals surface area contributed by atoms with Gasteiger partial charge in [-0.15, -0.1) is 0 Å². The van der Waals surface area contributed by atoms with Crippen LogP contribution in [0.4, 0.5) is 0 Å². The van der Waals surface area contributed by atoms with Crippen LogP contribution in [-0.2, 0) is 28.7 Å². The molecule has 2 N–H and O–H groups in total. The topological polar surface area (TPSA) is 130 Å². The van der Waals surface area contributed by atoms with Crippen LogP contribution in [0.1, 0.15) is 85.6 Å². The molecule has 1 aromatic heterocycles. The SMILES string of the molecule is CC(=O)O[C@H](C)c1ccc2ccc(/C=C/C(C)(C)C(C)N(C)[C@H](C(=O)N[C@@H](C)C(=O)N3CCC[C@@H](C(=O)OCC(Cl)(Cl)Cl)N3)C(C)C)cc2n1. The van der Waals surface area contributed by atoms with E-state index >= 15 is 0 Å². The Morgan fingerprint density at radius 1 is 1.10 bits per heavy atom. The van der Waals surface area contributed by atoms with Gasteiger partial charge in [-0.3, -0.25) is 29.1 Å². The van der Waals surface area contributed by atoms with Crippen molar-refractivity contribution in [1.29, 1.82) is 0 Å². The number of hydrazine groups is 1. The first-order chi connectivity index (χ1) is 23.2. The lowest BCUT2D eigenvalue weighted by molar-refractivity contribution is -0.153. The fourth-order valence-corrected chi connectivity index (χ4v) is 6.09. The van der Waals surface area contributed by atoms with Crippen LogP contribution < -0.4 is 10.7 Å². The lowest BCUT2D eigenvalue weighted by Gasteiger charge is -2.42. The van der Waals surface area contributed by atoms with E-state index in [2.05, 4.69) is 37.6 Å². The highest BCUT2D eigenvalue weighted by atomic mass is 35.6. The molecule has 14 heteroatoms. The van der Waals surface area contributed by atoms with Crippen molar-refractivity contribution in [1.82, 2.24) is 25.6 Å². The summed E-state index contributed by atoms with van der Waals surface area (Å²) in [5.41, 5.74) is 4.96. The third-order valence-corrected chi connectivity index (χ3v) is 9.40. The number of nitrogens with zero attached hydrogens (tertiary/aromatic N) is 3. The van der Waals surface area contributed by atoms with Gasteiger partial charge in [0.05, 0.1) is 17.3 Å². The van der Waals surface area contributed by atoms with Gasteiger partial charge in [-0.1, -0.05) is 92.8 Å². The van der Waals surface area contributed by atoms with E-state index < -0.39 is 40.6 Å². The zero-order chi connectivity index (χ0) is 37.6. The van der Waals surface area contributed by atoms with E-state index in [1.807, 2.05) is 62.2 Å². The molecular formula is C36H50Cl3N5O6. The molecule has 5 atom stereocenters. The number of alkyl halides is 3. The molecule has 11 nitrogen and oxygen atoms in total. The smallest absolute Gasteiger partial charge is 0.325 e. The van der Waals surface area contributed by atoms with Crippen LogP contribution in [0.2, 0.25) is 0 Å². The lowest BCUT2D eigenvalue weighted by Crippen LogP contribution is -2.61. The number of benzene rings is 1. The van der Waals surface area contributed by atoms with Gasteiger partial charge in [-0.25, -0.2) is 10.4 Å². The fraction of sp³-hybridized carbons (Fsp3) is 0.583. The van der Waals surface area contributed by atoms with Crippen molar-refractivity contribution < 1.29 is 28.7 Å². The molecule has 1 aliphatic heterocycles. The number of pyridine rings is 1. The van der Waals surface area contributed by atoms with Crippen molar-refractivity contribution >= 4 is 75.5 Å². The maximum atomic E-state index is 13.7. The molecule has 276 valence electrons. The summed E-state index contributed by atoms with van der Waals surface area (Å²) in [6.07, 6.45) is 4.71. The van der Waals surface area contributed by atoms with E-state index in [0.29, 0.717) is 25.1 Å². The third-order valence-electron chi connectivity index (χ3n) is 9.07. The lowest BCUT2D eigenvalue weighted by atomic mass is 9.82. The molecule has 1 fully saturated rings. The van der Waals surface area contributed by atoms with E-state index in [9.17, 15) is 19.2 Å². The molecule has 0 spiro atoms. The Bertz CT molecular complexity index is 1560. The highest BCUT2D eigenvalue weighted by Crippen LogP contribution is 2.31. The molecule has 1 saturated heterocycles. The second-order valence-corrected chi connectivity index (χ2v) is 16.4. The van der Waals surface area contributed by atoms with Crippen LogP contribution in [0.5, 0.6) is 0 Å². The van der Waals surface area contributed by atoms with E-state index in [1.165, 1.54) is 11.9 Å². The highest BCUT2D eigenvalue weighted by Gasteiger charge is 2.38. The van der Waals surface area contributed by atoms with Gasteiger partial charge in [0.2, 0.25) is 9.70 Å². The minimum absolute atomic E-state index is 0.0650. The minimum Gasteiger partial charge on any atom is -0.460 e. The summed E-state index contributed by atoms with van der Waals surface area (Å²) in [5.74, 6) is -1.70. The first-order valence-corrected chi connectivity index (χ1v) is 17.9. The molecule has 2 amide bonds. The Balaban J connectivity index is 1.67. The predicted octanol–water partition coefficient (Wildman–Crippen LogP) is 6.16. The molecular weight excluding hydrogens is 705 g/mol. The van der Waals surface area contributed by atoms with Crippen LogP contribution in [0.3, 0.4) is 0 Å². The molecule has 1 aromatic carbocycles. The molecule has 0 radical (unpaired) electrons. The number of esters is 2. The molecule has 50 heavy (non-hydrogen) atoms. The Hall–Kier alpha value is -2.96. The summed E-state index contributed by atoms with van der Waals surface area (Å²) >= 11 is 17.1. The summed E-state index contributed by atoms with van der Waals surface area (Å²) in [7, 11) is 1.92. The number of carbonyl (C=O) groups is 4. The largest absolute Gasteiger partial charge is 0.460 e. The number of aromatic nitrogens is 1. The monoisotopic (exact) mass is 753 g/mol. The number of hydrogen-bond donors (Lipinski definition) is 2. The number of amides is 2. The summed E-state index contributed by atoms with van der Waals surface area (Å²) < 4.78 is 8.64. The van der Waals surface area contributed by atoms with Gasteiger partial charge >= 0.3 is 11.9 Å². The van der Waals surface area contributed by atoms with Crippen LogP contribution in [0.25, 0.3) is 17.0 Å². The highest BCUT2D eigenvalue weighted by molar-refractivity contribution is 6.67. The molecule has 1 unspecified atom stereocenters. The fourth-order valence-electron chi connectivity index (χ4n) is 5.93. The average Bonchev–Trinajstić information content (AvgIpc) is 3.04. The van der Waals surface area contributed by atoms with Gasteiger partial charge in [-0.2, -0.15) is 0 Å². The van der Waals surface area contributed by atoms with Crippen molar-refractivity contribution in [2.24, 2.45) is 11.3 Å². The summed E-state index contributed by atoms with van der Waals surface area (Å²) in [6, 6.07) is 7.59. The Labute approximate surface area is 310 Å². The molecule has 0 bridgehead atoms. The second kappa shape index (κ2) is 17.5. The minimum atomic E-state index is -1.74. The van der Waals surface area contributed by atoms with Gasteiger partial charge in [0.25, 0.3) is 5.91 Å². The number of halogens is 3. The maximum Gasteiger partial charge on any atom is 0.325 e. The first kappa shape index (κ1) is 41.5. The maximum absolute atomic E-state index is 13.7. The van der Waals surface area contributed by atoms with E-state index in [4.69, 9.17) is 49.3 Å². The van der Waals surface area contributed by atoms with Crippen molar-refractivity contribution in [2.75, 3.05) is 20.2 Å². The first-order valence-electron chi connectivity index (χ1n) is 16.8. The molecule has 2 aromatic rings. The number of nitrogens with one attached hydrogen (secondary N) is 2. The third kappa shape index (κ3) is 11.5. The average molecular weight is 755 g/mol. The number of likely N-dealkylation sites (N-methyl/N-ethyl adjacent to an activating group) is 1. The van der Waals surface area contributed by atoms with Crippen LogP contribution >= 0.6 is 34.8 Å². The summed E-state index contributed by atoms with van der Waals surface area (Å²) in [6.45, 7) is 15.0. The summed E-state index contributed by atoms with van der Waals surface area (Å²) in [4.78, 5) is 57.8. The number of ether oxygens (including phenoxy) is 2. The molecule has 1 aliphatic rings. The van der Waals surface area contributed by atoms with Gasteiger partial charge < -0.3 is 14.8 Å². The predicted molar refractivity (Wildman–Crippen MR) is 197 cm³/mol. The van der Waals surface area contributed by atoms with Crippen LogP contribution in [0.15, 0.2) is 36.4 Å². The van der Waals surface area contributed by atoms with Crippen LogP contribution in [-0.4, -0.2) is 86.8 Å². The summed E-state index contributed by atoms with van der Waals surface area (Å²) in [5, 5.41) is 5.21. The Morgan fingerprint density at radius 3 is 2.38 bits per heavy atom. The molecule has 2 heterocycles. The Morgan fingerprint density at radius 2 is 1.76 bits per heavy atom. The second-order valence-electron chi connectivity index (χ2n) is 13.9. The van der Waals surface area contributed by atoms with Gasteiger partial charge in [-0.05, 0) is 69.7 Å². The van der Waals surface area contributed by atoms with Crippen molar-refractivity contribution in [3.8, 4) is 0 Å². The van der Waals surface area contributed by atoms with Gasteiger partial charge in [0, 0.05) is 24.9 Å². The van der Waals surface area contributed by atoms with Gasteiger partial charge in [0.15, 0.2) is 0 Å². The number of hydrogen-bond acceptors (Lipinski definition) is 9. The standard InChI is InChI=1S/C36H50Cl3N5O6/c1-21(2)31(32(46)40-22(3)33(47)44-18-10-11-29(42-44)34(48)49-20-36(37,38)39)43(9)24(5)35(7,8)17-16-26-12-13-27-14-15-28(41-30(27)19-26)23(4)50-25(6)45/h12-17,19,21-24,29,31,42H,10-11,18,20H2,1-9H3,(H,40,46)/b17-16+/t22-,23+,24?,29-,31-/m0/s1. The Kier molecular flexibility index (Phi) is 14.5. The number of carbonyl (C=O) groups excluding carboxylic acids is 4. The van der Waals surface area contributed by atoms with Crippen molar-refractivity contribution in [2.45, 2.75) is 102 Å². The van der Waals surface area contributed by atoms with E-state index in [1.54, 1.807) is 13.8 Å². The zero-order valence-electron chi connectivity index (χ0n) is 30.3. The van der Waals surface area contributed by atoms with Crippen LogP contribution in [0, 0.1) is 11.3 Å². The number of fused-ring (bicyclic) bond motifs is 1. The van der Waals surface area contributed by atoms with E-state index in [0.717, 1.165) is 16.5 Å². The zero-order valence-corrected chi connectivity index (χ0v) is 32.5. The normalized spacial score (nSPS) is 18.2. The van der Waals surface area contributed by atoms with Gasteiger partial charge in [0.1, 0.15) is 24.8 Å². The molecule has 0 saturated carbocycles. The number of rotatable bonds is 13. The van der Waals surface area contributed by atoms with Crippen molar-refractivity contribution in [3.63, 3.8) is 0 Å². The van der Waals surface area contributed by atoms with E-state index in [-0.39, 0.29) is 35.2 Å². The quantitative estimate of drug-likeness (QED) is 0.183.